The molecular formula is C14H9F3N6O2S. The summed E-state index contributed by atoms with van der Waals surface area (Å²) in [6, 6.07) is 3.26. The Kier molecular flexibility index (Phi) is 4.72. The molecular weight excluding hydrogens is 373 g/mol. The number of amides is 1. The summed E-state index contributed by atoms with van der Waals surface area (Å²) < 4.78 is 43.1. The van der Waals surface area contributed by atoms with Crippen LogP contribution in [0.2, 0.25) is 0 Å². The van der Waals surface area contributed by atoms with Crippen LogP contribution in [-0.4, -0.2) is 37.4 Å². The van der Waals surface area contributed by atoms with Gasteiger partial charge in [0.2, 0.25) is 11.6 Å². The average Bonchev–Trinajstić information content (AvgIpc) is 3.31. The largest absolute Gasteiger partial charge is 0.471 e. The number of nitrogens with one attached hydrogen (secondary N) is 1. The van der Waals surface area contributed by atoms with E-state index in [-0.39, 0.29) is 24.7 Å². The van der Waals surface area contributed by atoms with E-state index in [0.29, 0.717) is 4.88 Å². The van der Waals surface area contributed by atoms with Gasteiger partial charge < -0.3 is 9.84 Å². The number of aromatic nitrogens is 5. The highest BCUT2D eigenvalue weighted by Gasteiger charge is 2.38. The molecule has 26 heavy (non-hydrogen) atoms. The number of hydrogen-bond donors (Lipinski definition) is 1. The molecule has 0 aliphatic rings. The first-order valence-corrected chi connectivity index (χ1v) is 7.79. The third-order valence-electron chi connectivity index (χ3n) is 2.96. The van der Waals surface area contributed by atoms with Crippen LogP contribution in [0.25, 0.3) is 10.7 Å². The molecule has 0 fully saturated rings. The first kappa shape index (κ1) is 17.6. The standard InChI is InChI=1S/C14H9F3N6O2S/c1-2-5-18-12(24)11-19-7-23(21-11)6-8-3-4-9(26-8)10-20-13(25-22-10)14(15,16)17/h1,3-4,7H,5-6H2,(H,18,24). The molecule has 3 heterocycles. The van der Waals surface area contributed by atoms with E-state index in [1.807, 2.05) is 0 Å². The Hall–Kier alpha value is -3.20. The summed E-state index contributed by atoms with van der Waals surface area (Å²) >= 11 is 1.17. The first-order valence-electron chi connectivity index (χ1n) is 6.98. The Morgan fingerprint density at radius 1 is 1.42 bits per heavy atom. The van der Waals surface area contributed by atoms with E-state index in [0.717, 1.165) is 4.88 Å². The molecule has 0 spiro atoms. The van der Waals surface area contributed by atoms with Crippen molar-refractivity contribution in [1.29, 1.82) is 0 Å². The Morgan fingerprint density at radius 3 is 2.92 bits per heavy atom. The lowest BCUT2D eigenvalue weighted by Gasteiger charge is -1.97. The van der Waals surface area contributed by atoms with Gasteiger partial charge in [-0.05, 0) is 12.1 Å². The van der Waals surface area contributed by atoms with Gasteiger partial charge >= 0.3 is 12.1 Å². The van der Waals surface area contributed by atoms with E-state index < -0.39 is 18.0 Å². The van der Waals surface area contributed by atoms with Gasteiger partial charge in [0.15, 0.2) is 0 Å². The summed E-state index contributed by atoms with van der Waals surface area (Å²) in [6.45, 7) is 0.330. The summed E-state index contributed by atoms with van der Waals surface area (Å²) in [5.74, 6) is 0.172. The molecule has 0 atom stereocenters. The fourth-order valence-electron chi connectivity index (χ4n) is 1.87. The van der Waals surface area contributed by atoms with Crippen molar-refractivity contribution in [3.63, 3.8) is 0 Å². The number of carbonyl (C=O) groups excluding carboxylic acids is 1. The number of alkyl halides is 3. The van der Waals surface area contributed by atoms with Crippen molar-refractivity contribution in [1.82, 2.24) is 30.2 Å². The molecule has 0 radical (unpaired) electrons. The highest BCUT2D eigenvalue weighted by atomic mass is 32.1. The van der Waals surface area contributed by atoms with Crippen LogP contribution in [-0.2, 0) is 12.7 Å². The number of hydrogen-bond acceptors (Lipinski definition) is 7. The molecule has 3 aromatic rings. The normalized spacial score (nSPS) is 11.3. The fraction of sp³-hybridized carbons (Fsp3) is 0.214. The van der Waals surface area contributed by atoms with Crippen LogP contribution in [0.15, 0.2) is 23.0 Å². The summed E-state index contributed by atoms with van der Waals surface area (Å²) in [5.41, 5.74) is 0. The summed E-state index contributed by atoms with van der Waals surface area (Å²) in [6.07, 6.45) is 1.72. The number of carbonyl (C=O) groups is 1. The number of thiophene rings is 1. The predicted molar refractivity (Wildman–Crippen MR) is 82.9 cm³/mol. The molecule has 0 unspecified atom stereocenters. The highest BCUT2D eigenvalue weighted by Crippen LogP contribution is 2.31. The van der Waals surface area contributed by atoms with Crippen LogP contribution < -0.4 is 5.32 Å². The van der Waals surface area contributed by atoms with Crippen LogP contribution >= 0.6 is 11.3 Å². The van der Waals surface area contributed by atoms with E-state index in [1.165, 1.54) is 22.3 Å². The third kappa shape index (κ3) is 3.89. The number of halogens is 3. The molecule has 3 rings (SSSR count). The lowest BCUT2D eigenvalue weighted by Crippen LogP contribution is -2.24. The van der Waals surface area contributed by atoms with E-state index >= 15 is 0 Å². The van der Waals surface area contributed by atoms with Crippen molar-refractivity contribution in [2.75, 3.05) is 6.54 Å². The Morgan fingerprint density at radius 2 is 2.23 bits per heavy atom. The highest BCUT2D eigenvalue weighted by molar-refractivity contribution is 7.15. The SMILES string of the molecule is C#CCNC(=O)c1ncn(Cc2ccc(-c3noc(C(F)(F)F)n3)s2)n1. The third-order valence-corrected chi connectivity index (χ3v) is 4.02. The van der Waals surface area contributed by atoms with Crippen molar-refractivity contribution < 1.29 is 22.5 Å². The maximum absolute atomic E-state index is 12.5. The zero-order chi connectivity index (χ0) is 18.7. The molecule has 0 aromatic carbocycles. The second kappa shape index (κ2) is 6.96. The minimum atomic E-state index is -4.69. The van der Waals surface area contributed by atoms with Gasteiger partial charge in [-0.15, -0.1) is 22.9 Å². The van der Waals surface area contributed by atoms with E-state index in [9.17, 15) is 18.0 Å². The Labute approximate surface area is 148 Å². The van der Waals surface area contributed by atoms with Gasteiger partial charge in [0.1, 0.15) is 6.33 Å². The maximum Gasteiger partial charge on any atom is 0.471 e. The second-order valence-corrected chi connectivity index (χ2v) is 6.01. The van der Waals surface area contributed by atoms with Gasteiger partial charge in [0.25, 0.3) is 5.91 Å². The zero-order valence-electron chi connectivity index (χ0n) is 12.8. The van der Waals surface area contributed by atoms with Crippen LogP contribution in [0.1, 0.15) is 21.4 Å². The van der Waals surface area contributed by atoms with Gasteiger partial charge in [-0.2, -0.15) is 18.2 Å². The molecule has 3 aromatic heterocycles. The van der Waals surface area contributed by atoms with E-state index in [2.05, 4.69) is 36.0 Å². The molecule has 12 heteroatoms. The lowest BCUT2D eigenvalue weighted by atomic mass is 10.4. The molecule has 0 saturated heterocycles. The van der Waals surface area contributed by atoms with Crippen molar-refractivity contribution >= 4 is 17.2 Å². The van der Waals surface area contributed by atoms with Crippen LogP contribution in [0, 0.1) is 12.3 Å². The number of terminal acetylenes is 1. The zero-order valence-corrected chi connectivity index (χ0v) is 13.6. The first-order chi connectivity index (χ1) is 12.4. The predicted octanol–water partition coefficient (Wildman–Crippen LogP) is 1.82. The van der Waals surface area contributed by atoms with Crippen LogP contribution in [0.4, 0.5) is 13.2 Å². The molecule has 0 bridgehead atoms. The second-order valence-electron chi connectivity index (χ2n) is 4.84. The average molecular weight is 382 g/mol. The van der Waals surface area contributed by atoms with E-state index in [4.69, 9.17) is 6.42 Å². The van der Waals surface area contributed by atoms with Crippen LogP contribution in [0.3, 0.4) is 0 Å². The van der Waals surface area contributed by atoms with Crippen molar-refractivity contribution in [2.24, 2.45) is 0 Å². The van der Waals surface area contributed by atoms with Gasteiger partial charge in [0, 0.05) is 4.88 Å². The van der Waals surface area contributed by atoms with Crippen LogP contribution in [0.5, 0.6) is 0 Å². The number of rotatable bonds is 5. The minimum absolute atomic E-state index is 0.0370. The molecule has 8 nitrogen and oxygen atoms in total. The monoisotopic (exact) mass is 382 g/mol. The van der Waals surface area contributed by atoms with Crippen molar-refractivity contribution in [2.45, 2.75) is 12.7 Å². The molecule has 0 aliphatic heterocycles. The maximum atomic E-state index is 12.5. The quantitative estimate of drug-likeness (QED) is 0.676. The molecule has 0 aliphatic carbocycles. The Balaban J connectivity index is 1.69. The topological polar surface area (TPSA) is 98.7 Å². The molecule has 1 N–H and O–H groups in total. The van der Waals surface area contributed by atoms with Crippen molar-refractivity contribution in [3.8, 4) is 23.0 Å². The summed E-state index contributed by atoms with van der Waals surface area (Å²) in [7, 11) is 0. The summed E-state index contributed by atoms with van der Waals surface area (Å²) in [5, 5.41) is 9.78. The smallest absolute Gasteiger partial charge is 0.338 e. The molecule has 1 amide bonds. The van der Waals surface area contributed by atoms with Gasteiger partial charge in [-0.3, -0.25) is 4.79 Å². The summed E-state index contributed by atoms with van der Waals surface area (Å²) in [4.78, 5) is 20.0. The molecule has 0 saturated carbocycles. The van der Waals surface area contributed by atoms with Gasteiger partial charge in [0.05, 0.1) is 18.0 Å². The Bertz CT molecular complexity index is 968. The lowest BCUT2D eigenvalue weighted by molar-refractivity contribution is -0.159. The van der Waals surface area contributed by atoms with E-state index in [1.54, 1.807) is 12.1 Å². The van der Waals surface area contributed by atoms with Gasteiger partial charge in [-0.25, -0.2) is 9.67 Å². The van der Waals surface area contributed by atoms with Gasteiger partial charge in [-0.1, -0.05) is 11.1 Å². The number of nitrogens with zero attached hydrogens (tertiary/aromatic N) is 5. The van der Waals surface area contributed by atoms with Crippen molar-refractivity contribution in [3.05, 3.63) is 35.1 Å². The fourth-order valence-corrected chi connectivity index (χ4v) is 2.79. The minimum Gasteiger partial charge on any atom is -0.338 e. The molecule has 134 valence electrons.